The predicted octanol–water partition coefficient (Wildman–Crippen LogP) is 1.79. The maximum Gasteiger partial charge on any atom is 0.314 e. The first kappa shape index (κ1) is 16.8. The van der Waals surface area contributed by atoms with Crippen LogP contribution >= 0.6 is 0 Å². The highest BCUT2D eigenvalue weighted by atomic mass is 16.5. The molecule has 0 spiro atoms. The fourth-order valence-corrected chi connectivity index (χ4v) is 3.18. The Morgan fingerprint density at radius 1 is 1.17 bits per heavy atom. The Morgan fingerprint density at radius 3 is 2.58 bits per heavy atom. The molecular weight excluding hydrogens is 306 g/mol. The highest BCUT2D eigenvalue weighted by molar-refractivity contribution is 5.77. The summed E-state index contributed by atoms with van der Waals surface area (Å²) in [6, 6.07) is 7.97. The van der Waals surface area contributed by atoms with Crippen LogP contribution in [0.5, 0.6) is 0 Å². The van der Waals surface area contributed by atoms with Gasteiger partial charge in [-0.2, -0.15) is 0 Å². The van der Waals surface area contributed by atoms with Crippen molar-refractivity contribution in [2.24, 2.45) is 0 Å². The Balaban J connectivity index is 1.28. The zero-order chi connectivity index (χ0) is 16.8. The SMILES string of the molecule is O=C(NCCCC(=O)N1Cc2ccccc2C1)NC[C@H]1CCCO1. The fraction of sp³-hybridized carbons (Fsp3) is 0.556. The Hall–Kier alpha value is -2.08. The number of rotatable bonds is 6. The molecule has 2 aliphatic rings. The molecule has 6 nitrogen and oxygen atoms in total. The molecule has 1 aromatic carbocycles. The van der Waals surface area contributed by atoms with Crippen LogP contribution in [0, 0.1) is 0 Å². The van der Waals surface area contributed by atoms with E-state index >= 15 is 0 Å². The monoisotopic (exact) mass is 331 g/mol. The molecule has 0 saturated carbocycles. The van der Waals surface area contributed by atoms with Gasteiger partial charge < -0.3 is 20.3 Å². The van der Waals surface area contributed by atoms with E-state index in [1.165, 1.54) is 11.1 Å². The van der Waals surface area contributed by atoms with Gasteiger partial charge in [0.05, 0.1) is 6.10 Å². The fourth-order valence-electron chi connectivity index (χ4n) is 3.18. The molecule has 1 saturated heterocycles. The Bertz CT molecular complexity index is 560. The molecule has 0 bridgehead atoms. The number of nitrogens with zero attached hydrogens (tertiary/aromatic N) is 1. The van der Waals surface area contributed by atoms with Crippen molar-refractivity contribution in [1.29, 1.82) is 0 Å². The average Bonchev–Trinajstić information content (AvgIpc) is 3.25. The molecule has 0 aromatic heterocycles. The number of amides is 3. The van der Waals surface area contributed by atoms with Crippen LogP contribution in [0.2, 0.25) is 0 Å². The van der Waals surface area contributed by atoms with Crippen LogP contribution < -0.4 is 10.6 Å². The van der Waals surface area contributed by atoms with Crippen molar-refractivity contribution in [3.8, 4) is 0 Å². The lowest BCUT2D eigenvalue weighted by Crippen LogP contribution is -2.40. The third-order valence-electron chi connectivity index (χ3n) is 4.56. The third kappa shape index (κ3) is 4.47. The first-order valence-electron chi connectivity index (χ1n) is 8.70. The lowest BCUT2D eigenvalue weighted by Gasteiger charge is -2.15. The van der Waals surface area contributed by atoms with Gasteiger partial charge in [-0.25, -0.2) is 4.79 Å². The molecule has 1 aromatic rings. The Labute approximate surface area is 142 Å². The summed E-state index contributed by atoms with van der Waals surface area (Å²) in [5, 5.41) is 5.60. The quantitative estimate of drug-likeness (QED) is 0.781. The van der Waals surface area contributed by atoms with Crippen molar-refractivity contribution in [3.05, 3.63) is 35.4 Å². The molecule has 3 rings (SSSR count). The Morgan fingerprint density at radius 2 is 1.92 bits per heavy atom. The van der Waals surface area contributed by atoms with Gasteiger partial charge >= 0.3 is 6.03 Å². The number of carbonyl (C=O) groups is 2. The van der Waals surface area contributed by atoms with E-state index in [-0.39, 0.29) is 18.0 Å². The molecule has 6 heteroatoms. The average molecular weight is 331 g/mol. The topological polar surface area (TPSA) is 70.7 Å². The van der Waals surface area contributed by atoms with Gasteiger partial charge in [-0.1, -0.05) is 24.3 Å². The molecule has 3 amide bonds. The standard InChI is InChI=1S/C18H25N3O3/c22-17(21-12-14-5-1-2-6-15(14)13-21)8-3-9-19-18(23)20-11-16-7-4-10-24-16/h1-2,5-6,16H,3-4,7-13H2,(H2,19,20,23)/t16-/m1/s1. The first-order valence-corrected chi connectivity index (χ1v) is 8.70. The van der Waals surface area contributed by atoms with Gasteiger partial charge in [0.2, 0.25) is 5.91 Å². The van der Waals surface area contributed by atoms with E-state index in [1.54, 1.807) is 0 Å². The number of carbonyl (C=O) groups excluding carboxylic acids is 2. The molecule has 0 aliphatic carbocycles. The van der Waals surface area contributed by atoms with Crippen LogP contribution in [0.1, 0.15) is 36.8 Å². The van der Waals surface area contributed by atoms with Gasteiger partial charge in [-0.15, -0.1) is 0 Å². The van der Waals surface area contributed by atoms with Crippen LogP contribution in [0.25, 0.3) is 0 Å². The molecule has 0 radical (unpaired) electrons. The van der Waals surface area contributed by atoms with Crippen molar-refractivity contribution in [3.63, 3.8) is 0 Å². The third-order valence-corrected chi connectivity index (χ3v) is 4.56. The maximum atomic E-state index is 12.2. The maximum absolute atomic E-state index is 12.2. The normalized spacial score (nSPS) is 19.2. The number of fused-ring (bicyclic) bond motifs is 1. The first-order chi connectivity index (χ1) is 11.7. The van der Waals surface area contributed by atoms with Crippen LogP contribution in [0.4, 0.5) is 4.79 Å². The molecule has 1 fully saturated rings. The summed E-state index contributed by atoms with van der Waals surface area (Å²) in [5.74, 6) is 0.146. The minimum Gasteiger partial charge on any atom is -0.376 e. The van der Waals surface area contributed by atoms with Crippen molar-refractivity contribution >= 4 is 11.9 Å². The van der Waals surface area contributed by atoms with Gasteiger partial charge in [0.1, 0.15) is 0 Å². The van der Waals surface area contributed by atoms with Crippen molar-refractivity contribution in [1.82, 2.24) is 15.5 Å². The van der Waals surface area contributed by atoms with Crippen molar-refractivity contribution < 1.29 is 14.3 Å². The largest absolute Gasteiger partial charge is 0.376 e. The molecule has 0 unspecified atom stereocenters. The van der Waals surface area contributed by atoms with E-state index < -0.39 is 0 Å². The minimum atomic E-state index is -0.188. The molecule has 2 heterocycles. The van der Waals surface area contributed by atoms with Gasteiger partial charge in [0.25, 0.3) is 0 Å². The molecule has 2 aliphatic heterocycles. The van der Waals surface area contributed by atoms with Crippen molar-refractivity contribution in [2.45, 2.75) is 44.9 Å². The summed E-state index contributed by atoms with van der Waals surface area (Å²) in [6.45, 7) is 3.24. The van der Waals surface area contributed by atoms with Gasteiger partial charge in [-0.3, -0.25) is 4.79 Å². The van der Waals surface area contributed by atoms with E-state index in [1.807, 2.05) is 17.0 Å². The van der Waals surface area contributed by atoms with E-state index in [9.17, 15) is 9.59 Å². The van der Waals surface area contributed by atoms with Gasteiger partial charge in [-0.05, 0) is 30.4 Å². The predicted molar refractivity (Wildman–Crippen MR) is 90.3 cm³/mol. The second-order valence-corrected chi connectivity index (χ2v) is 6.39. The molecule has 1 atom stereocenters. The van der Waals surface area contributed by atoms with E-state index in [4.69, 9.17) is 4.74 Å². The Kier molecular flexibility index (Phi) is 5.69. The van der Waals surface area contributed by atoms with Gasteiger partial charge in [0.15, 0.2) is 0 Å². The molecule has 24 heavy (non-hydrogen) atoms. The zero-order valence-electron chi connectivity index (χ0n) is 13.9. The molecular formula is C18H25N3O3. The van der Waals surface area contributed by atoms with Crippen molar-refractivity contribution in [2.75, 3.05) is 19.7 Å². The molecule has 130 valence electrons. The number of ether oxygens (including phenoxy) is 1. The molecule has 2 N–H and O–H groups in total. The summed E-state index contributed by atoms with van der Waals surface area (Å²) in [4.78, 5) is 25.8. The summed E-state index contributed by atoms with van der Waals surface area (Å²) in [5.41, 5.74) is 2.47. The number of benzene rings is 1. The number of nitrogens with one attached hydrogen (secondary N) is 2. The zero-order valence-corrected chi connectivity index (χ0v) is 13.9. The summed E-state index contributed by atoms with van der Waals surface area (Å²) in [7, 11) is 0. The van der Waals surface area contributed by atoms with E-state index in [0.717, 1.165) is 19.4 Å². The van der Waals surface area contributed by atoms with Crippen LogP contribution in [0.3, 0.4) is 0 Å². The van der Waals surface area contributed by atoms with Crippen LogP contribution in [0.15, 0.2) is 24.3 Å². The smallest absolute Gasteiger partial charge is 0.314 e. The summed E-state index contributed by atoms with van der Waals surface area (Å²) < 4.78 is 5.45. The number of urea groups is 1. The van der Waals surface area contributed by atoms with E-state index in [2.05, 4.69) is 22.8 Å². The minimum absolute atomic E-state index is 0.146. The van der Waals surface area contributed by atoms with Crippen LogP contribution in [-0.2, 0) is 22.6 Å². The number of hydrogen-bond donors (Lipinski definition) is 2. The summed E-state index contributed by atoms with van der Waals surface area (Å²) >= 11 is 0. The highest BCUT2D eigenvalue weighted by Gasteiger charge is 2.22. The highest BCUT2D eigenvalue weighted by Crippen LogP contribution is 2.22. The lowest BCUT2D eigenvalue weighted by molar-refractivity contribution is -0.131. The second-order valence-electron chi connectivity index (χ2n) is 6.39. The number of hydrogen-bond acceptors (Lipinski definition) is 3. The lowest BCUT2D eigenvalue weighted by atomic mass is 10.1. The summed E-state index contributed by atoms with van der Waals surface area (Å²) in [6.07, 6.45) is 3.33. The van der Waals surface area contributed by atoms with E-state index in [0.29, 0.717) is 39.0 Å². The second kappa shape index (κ2) is 8.15. The van der Waals surface area contributed by atoms with Gasteiger partial charge in [0, 0.05) is 39.2 Å². The van der Waals surface area contributed by atoms with Crippen LogP contribution in [-0.4, -0.2) is 42.6 Å².